The lowest BCUT2D eigenvalue weighted by atomic mass is 9.94. The van der Waals surface area contributed by atoms with Gasteiger partial charge in [-0.1, -0.05) is 29.8 Å². The normalized spacial score (nSPS) is 22.0. The van der Waals surface area contributed by atoms with Gasteiger partial charge in [-0.3, -0.25) is 4.90 Å². The van der Waals surface area contributed by atoms with Gasteiger partial charge in [0, 0.05) is 38.4 Å². The van der Waals surface area contributed by atoms with Crippen LogP contribution >= 0.6 is 0 Å². The molecule has 7 heteroatoms. The van der Waals surface area contributed by atoms with Gasteiger partial charge in [0.25, 0.3) is 0 Å². The molecule has 0 aliphatic carbocycles. The highest BCUT2D eigenvalue weighted by atomic mass is 16.5. The monoisotopic (exact) mass is 358 g/mol. The van der Waals surface area contributed by atoms with Crippen molar-refractivity contribution >= 4 is 12.0 Å². The summed E-state index contributed by atoms with van der Waals surface area (Å²) in [5, 5.41) is 5.68. The summed E-state index contributed by atoms with van der Waals surface area (Å²) >= 11 is 0. The fraction of sp³-hybridized carbons (Fsp3) is 0.474. The molecule has 26 heavy (non-hydrogen) atoms. The van der Waals surface area contributed by atoms with E-state index in [0.29, 0.717) is 17.8 Å². The molecular formula is C19H26N4O3. The van der Waals surface area contributed by atoms with Crippen molar-refractivity contribution in [1.82, 2.24) is 20.4 Å². The maximum absolute atomic E-state index is 12.5. The lowest BCUT2D eigenvalue weighted by molar-refractivity contribution is -0.136. The minimum absolute atomic E-state index is 0.299. The summed E-state index contributed by atoms with van der Waals surface area (Å²) in [6, 6.07) is 6.99. The predicted molar refractivity (Wildman–Crippen MR) is 98.6 cm³/mol. The van der Waals surface area contributed by atoms with Crippen LogP contribution in [-0.4, -0.2) is 68.7 Å². The highest BCUT2D eigenvalue weighted by Gasteiger charge is 2.34. The zero-order valence-corrected chi connectivity index (χ0v) is 15.5. The molecule has 0 aromatic heterocycles. The molecule has 140 valence electrons. The molecule has 0 bridgehead atoms. The van der Waals surface area contributed by atoms with Crippen LogP contribution < -0.4 is 10.6 Å². The van der Waals surface area contributed by atoms with E-state index in [2.05, 4.69) is 27.5 Å². The Morgan fingerprint density at radius 1 is 1.19 bits per heavy atom. The van der Waals surface area contributed by atoms with Gasteiger partial charge in [-0.05, 0) is 19.5 Å². The number of nitrogens with zero attached hydrogens (tertiary/aromatic N) is 2. The first kappa shape index (κ1) is 18.4. The molecule has 2 aliphatic rings. The van der Waals surface area contributed by atoms with Crippen molar-refractivity contribution < 1.29 is 14.3 Å². The summed E-state index contributed by atoms with van der Waals surface area (Å²) in [5.41, 5.74) is 3.07. The fourth-order valence-electron chi connectivity index (χ4n) is 3.33. The van der Waals surface area contributed by atoms with Gasteiger partial charge >= 0.3 is 12.0 Å². The van der Waals surface area contributed by atoms with Gasteiger partial charge in [-0.25, -0.2) is 9.59 Å². The van der Waals surface area contributed by atoms with Crippen LogP contribution in [0.25, 0.3) is 0 Å². The Morgan fingerprint density at radius 2 is 1.85 bits per heavy atom. The van der Waals surface area contributed by atoms with E-state index in [0.717, 1.165) is 37.3 Å². The van der Waals surface area contributed by atoms with E-state index in [4.69, 9.17) is 4.74 Å². The molecule has 2 aliphatic heterocycles. The van der Waals surface area contributed by atoms with E-state index in [-0.39, 0.29) is 6.03 Å². The van der Waals surface area contributed by atoms with Crippen molar-refractivity contribution in [2.24, 2.45) is 0 Å². The number of amides is 2. The maximum Gasteiger partial charge on any atom is 0.338 e. The average Bonchev–Trinajstić information content (AvgIpc) is 2.63. The topological polar surface area (TPSA) is 73.9 Å². The Morgan fingerprint density at radius 3 is 2.46 bits per heavy atom. The first-order chi connectivity index (χ1) is 12.5. The Kier molecular flexibility index (Phi) is 5.58. The molecule has 3 rings (SSSR count). The number of benzene rings is 1. The van der Waals surface area contributed by atoms with Crippen molar-refractivity contribution in [3.8, 4) is 0 Å². The van der Waals surface area contributed by atoms with Gasteiger partial charge in [0.1, 0.15) is 0 Å². The number of aryl methyl sites for hydroxylation is 1. The Balaban J connectivity index is 1.93. The SMILES string of the molecule is COC(=O)C1=C(CN2CCN(C)CC2)NC(=O)N[C@@H]1c1ccc(C)cc1. The third-order valence-electron chi connectivity index (χ3n) is 4.95. The zero-order valence-electron chi connectivity index (χ0n) is 15.5. The first-order valence-corrected chi connectivity index (χ1v) is 8.84. The molecular weight excluding hydrogens is 332 g/mol. The smallest absolute Gasteiger partial charge is 0.338 e. The summed E-state index contributed by atoms with van der Waals surface area (Å²) < 4.78 is 5.02. The van der Waals surface area contributed by atoms with Gasteiger partial charge in [0.05, 0.1) is 18.7 Å². The summed E-state index contributed by atoms with van der Waals surface area (Å²) in [4.78, 5) is 29.3. The number of methoxy groups -OCH3 is 1. The summed E-state index contributed by atoms with van der Waals surface area (Å²) in [5.74, 6) is -0.424. The van der Waals surface area contributed by atoms with Crippen LogP contribution in [0.15, 0.2) is 35.5 Å². The Labute approximate surface area is 154 Å². The number of likely N-dealkylation sites (N-methyl/N-ethyl adjacent to an activating group) is 1. The molecule has 1 saturated heterocycles. The number of carbonyl (C=O) groups is 2. The van der Waals surface area contributed by atoms with E-state index in [1.54, 1.807) is 0 Å². The second-order valence-electron chi connectivity index (χ2n) is 6.91. The summed E-state index contributed by atoms with van der Waals surface area (Å²) in [6.45, 7) is 6.25. The number of urea groups is 1. The molecule has 1 fully saturated rings. The fourth-order valence-corrected chi connectivity index (χ4v) is 3.33. The van der Waals surface area contributed by atoms with Crippen molar-refractivity contribution in [1.29, 1.82) is 0 Å². The molecule has 2 N–H and O–H groups in total. The van der Waals surface area contributed by atoms with Crippen LogP contribution in [-0.2, 0) is 9.53 Å². The zero-order chi connectivity index (χ0) is 18.7. The largest absolute Gasteiger partial charge is 0.466 e. The molecule has 1 aromatic carbocycles. The lowest BCUT2D eigenvalue weighted by Crippen LogP contribution is -2.51. The third kappa shape index (κ3) is 4.05. The highest BCUT2D eigenvalue weighted by molar-refractivity contribution is 5.95. The Hall–Kier alpha value is -2.38. The lowest BCUT2D eigenvalue weighted by Gasteiger charge is -2.35. The predicted octanol–water partition coefficient (Wildman–Crippen LogP) is 1.02. The Bertz CT molecular complexity index is 706. The van der Waals surface area contributed by atoms with E-state index < -0.39 is 12.0 Å². The van der Waals surface area contributed by atoms with Crippen molar-refractivity contribution in [3.05, 3.63) is 46.7 Å². The molecule has 0 spiro atoms. The number of hydrogen-bond donors (Lipinski definition) is 2. The van der Waals surface area contributed by atoms with Gasteiger partial charge in [-0.15, -0.1) is 0 Å². The van der Waals surface area contributed by atoms with Crippen LogP contribution in [0.2, 0.25) is 0 Å². The van der Waals surface area contributed by atoms with Gasteiger partial charge in [-0.2, -0.15) is 0 Å². The number of esters is 1. The molecule has 0 radical (unpaired) electrons. The standard InChI is InChI=1S/C19H26N4O3/c1-13-4-6-14(7-5-13)17-16(18(24)26-3)15(20-19(25)21-17)12-23-10-8-22(2)9-11-23/h4-7,17H,8-12H2,1-3H3,(H2,20,21,25)/t17-/m1/s1. The molecule has 0 saturated carbocycles. The summed E-state index contributed by atoms with van der Waals surface area (Å²) in [7, 11) is 3.46. The number of piperazine rings is 1. The van der Waals surface area contributed by atoms with E-state index in [9.17, 15) is 9.59 Å². The van der Waals surface area contributed by atoms with Gasteiger partial charge in [0.15, 0.2) is 0 Å². The number of rotatable bonds is 4. The molecule has 2 amide bonds. The van der Waals surface area contributed by atoms with Crippen LogP contribution in [0.4, 0.5) is 4.79 Å². The first-order valence-electron chi connectivity index (χ1n) is 8.84. The van der Waals surface area contributed by atoms with Gasteiger partial charge in [0.2, 0.25) is 0 Å². The molecule has 0 unspecified atom stereocenters. The molecule has 2 heterocycles. The number of nitrogens with one attached hydrogen (secondary N) is 2. The van der Waals surface area contributed by atoms with Crippen molar-refractivity contribution in [2.45, 2.75) is 13.0 Å². The number of ether oxygens (including phenoxy) is 1. The van der Waals surface area contributed by atoms with Crippen molar-refractivity contribution in [3.63, 3.8) is 0 Å². The van der Waals surface area contributed by atoms with Crippen LogP contribution in [0.5, 0.6) is 0 Å². The molecule has 1 atom stereocenters. The minimum Gasteiger partial charge on any atom is -0.466 e. The van der Waals surface area contributed by atoms with E-state index >= 15 is 0 Å². The third-order valence-corrected chi connectivity index (χ3v) is 4.95. The number of carbonyl (C=O) groups excluding carboxylic acids is 2. The van der Waals surface area contributed by atoms with Crippen LogP contribution in [0.1, 0.15) is 17.2 Å². The quantitative estimate of drug-likeness (QED) is 0.787. The summed E-state index contributed by atoms with van der Waals surface area (Å²) in [6.07, 6.45) is 0. The van der Waals surface area contributed by atoms with E-state index in [1.807, 2.05) is 31.2 Å². The van der Waals surface area contributed by atoms with Crippen molar-refractivity contribution in [2.75, 3.05) is 46.9 Å². The highest BCUT2D eigenvalue weighted by Crippen LogP contribution is 2.28. The van der Waals surface area contributed by atoms with E-state index in [1.165, 1.54) is 7.11 Å². The second kappa shape index (κ2) is 7.88. The maximum atomic E-state index is 12.5. The van der Waals surface area contributed by atoms with Crippen LogP contribution in [0.3, 0.4) is 0 Å². The minimum atomic E-state index is -0.515. The number of hydrogen-bond acceptors (Lipinski definition) is 5. The average molecular weight is 358 g/mol. The van der Waals surface area contributed by atoms with Gasteiger partial charge < -0.3 is 20.3 Å². The molecule has 7 nitrogen and oxygen atoms in total. The molecule has 1 aromatic rings. The second-order valence-corrected chi connectivity index (χ2v) is 6.91. The van der Waals surface area contributed by atoms with Crippen LogP contribution in [0, 0.1) is 6.92 Å².